The van der Waals surface area contributed by atoms with Gasteiger partial charge in [-0.1, -0.05) is 49.2 Å². The molecule has 0 aliphatic heterocycles. The summed E-state index contributed by atoms with van der Waals surface area (Å²) in [4.78, 5) is 11.9. The molecule has 1 aromatic rings. The van der Waals surface area contributed by atoms with Crippen molar-refractivity contribution in [1.82, 2.24) is 0 Å². The lowest BCUT2D eigenvalue weighted by Gasteiger charge is -2.20. The Morgan fingerprint density at radius 3 is 2.53 bits per heavy atom. The summed E-state index contributed by atoms with van der Waals surface area (Å²) < 4.78 is 5.07. The van der Waals surface area contributed by atoms with Crippen molar-refractivity contribution < 1.29 is 9.53 Å². The van der Waals surface area contributed by atoms with Gasteiger partial charge in [0.1, 0.15) is 0 Å². The lowest BCUT2D eigenvalue weighted by Crippen LogP contribution is -2.21. The van der Waals surface area contributed by atoms with Gasteiger partial charge in [-0.15, -0.1) is 0 Å². The normalized spacial score (nSPS) is 12.6. The SMILES string of the molecule is CCOC(=O)C(c1cccc(Cl)c1Cl)C(C)C. The molecule has 0 saturated heterocycles. The van der Waals surface area contributed by atoms with Gasteiger partial charge in [0.2, 0.25) is 0 Å². The molecule has 94 valence electrons. The van der Waals surface area contributed by atoms with Crippen LogP contribution in [0.4, 0.5) is 0 Å². The maximum atomic E-state index is 11.9. The van der Waals surface area contributed by atoms with Crippen LogP contribution in [0.2, 0.25) is 10.0 Å². The molecule has 0 aromatic heterocycles. The van der Waals surface area contributed by atoms with Crippen molar-refractivity contribution in [1.29, 1.82) is 0 Å². The molecule has 0 heterocycles. The Labute approximate surface area is 112 Å². The Balaban J connectivity index is 3.14. The van der Waals surface area contributed by atoms with Crippen molar-refractivity contribution in [3.05, 3.63) is 33.8 Å². The molecule has 2 nitrogen and oxygen atoms in total. The van der Waals surface area contributed by atoms with E-state index in [1.807, 2.05) is 19.9 Å². The van der Waals surface area contributed by atoms with Crippen molar-refractivity contribution in [2.24, 2.45) is 5.92 Å². The average Bonchev–Trinajstić information content (AvgIpc) is 2.24. The minimum absolute atomic E-state index is 0.102. The maximum Gasteiger partial charge on any atom is 0.313 e. The van der Waals surface area contributed by atoms with Crippen LogP contribution in [0.15, 0.2) is 18.2 Å². The van der Waals surface area contributed by atoms with E-state index in [0.29, 0.717) is 16.7 Å². The quantitative estimate of drug-likeness (QED) is 0.766. The number of halogens is 2. The van der Waals surface area contributed by atoms with Crippen LogP contribution in [0, 0.1) is 5.92 Å². The topological polar surface area (TPSA) is 26.3 Å². The molecule has 0 amide bonds. The zero-order valence-corrected chi connectivity index (χ0v) is 11.7. The summed E-state index contributed by atoms with van der Waals surface area (Å²) in [6.45, 7) is 6.06. The first kappa shape index (κ1) is 14.3. The van der Waals surface area contributed by atoms with Gasteiger partial charge < -0.3 is 4.74 Å². The van der Waals surface area contributed by atoms with E-state index in [1.54, 1.807) is 19.1 Å². The predicted molar refractivity (Wildman–Crippen MR) is 70.7 cm³/mol. The smallest absolute Gasteiger partial charge is 0.313 e. The van der Waals surface area contributed by atoms with Crippen molar-refractivity contribution in [3.63, 3.8) is 0 Å². The summed E-state index contributed by atoms with van der Waals surface area (Å²) >= 11 is 12.1. The standard InChI is InChI=1S/C13H16Cl2O2/c1-4-17-13(16)11(8(2)3)9-6-5-7-10(14)12(9)15/h5-8,11H,4H2,1-3H3. The monoisotopic (exact) mass is 274 g/mol. The summed E-state index contributed by atoms with van der Waals surface area (Å²) in [5.41, 5.74) is 0.729. The van der Waals surface area contributed by atoms with E-state index in [-0.39, 0.29) is 17.8 Å². The molecule has 1 unspecified atom stereocenters. The summed E-state index contributed by atoms with van der Waals surface area (Å²) in [5.74, 6) is -0.530. The summed E-state index contributed by atoms with van der Waals surface area (Å²) in [6.07, 6.45) is 0. The molecule has 1 rings (SSSR count). The third-order valence-electron chi connectivity index (χ3n) is 2.52. The number of rotatable bonds is 4. The lowest BCUT2D eigenvalue weighted by atomic mass is 9.88. The van der Waals surface area contributed by atoms with E-state index in [0.717, 1.165) is 5.56 Å². The van der Waals surface area contributed by atoms with Crippen LogP contribution < -0.4 is 0 Å². The van der Waals surface area contributed by atoms with Crippen molar-refractivity contribution >= 4 is 29.2 Å². The van der Waals surface area contributed by atoms with Crippen molar-refractivity contribution in [3.8, 4) is 0 Å². The number of hydrogen-bond acceptors (Lipinski definition) is 2. The van der Waals surface area contributed by atoms with Gasteiger partial charge in [0.15, 0.2) is 0 Å². The van der Waals surface area contributed by atoms with Gasteiger partial charge in [-0.25, -0.2) is 0 Å². The number of carbonyl (C=O) groups excluding carboxylic acids is 1. The van der Waals surface area contributed by atoms with E-state index in [1.165, 1.54) is 0 Å². The minimum Gasteiger partial charge on any atom is -0.466 e. The highest BCUT2D eigenvalue weighted by Gasteiger charge is 2.28. The van der Waals surface area contributed by atoms with Crippen LogP contribution >= 0.6 is 23.2 Å². The van der Waals surface area contributed by atoms with Gasteiger partial charge in [-0.3, -0.25) is 4.79 Å². The molecule has 0 spiro atoms. The molecule has 17 heavy (non-hydrogen) atoms. The van der Waals surface area contributed by atoms with E-state index >= 15 is 0 Å². The number of ether oxygens (including phenoxy) is 1. The van der Waals surface area contributed by atoms with Crippen LogP contribution in [0.5, 0.6) is 0 Å². The number of hydrogen-bond donors (Lipinski definition) is 0. The molecule has 4 heteroatoms. The second kappa shape index (κ2) is 6.27. The molecular weight excluding hydrogens is 259 g/mol. The first-order chi connectivity index (χ1) is 7.99. The van der Waals surface area contributed by atoms with Crippen LogP contribution in [0.3, 0.4) is 0 Å². The zero-order chi connectivity index (χ0) is 13.0. The van der Waals surface area contributed by atoms with Gasteiger partial charge in [0.05, 0.1) is 22.6 Å². The summed E-state index contributed by atoms with van der Waals surface area (Å²) in [7, 11) is 0. The molecule has 0 saturated carbocycles. The second-order valence-electron chi connectivity index (χ2n) is 4.12. The Morgan fingerprint density at radius 1 is 1.35 bits per heavy atom. The van der Waals surface area contributed by atoms with E-state index in [4.69, 9.17) is 27.9 Å². The lowest BCUT2D eigenvalue weighted by molar-refractivity contribution is -0.146. The van der Waals surface area contributed by atoms with E-state index in [2.05, 4.69) is 0 Å². The summed E-state index contributed by atoms with van der Waals surface area (Å²) in [6, 6.07) is 5.31. The molecule has 1 aromatic carbocycles. The van der Waals surface area contributed by atoms with Crippen LogP contribution in [0.25, 0.3) is 0 Å². The van der Waals surface area contributed by atoms with Crippen molar-refractivity contribution in [2.75, 3.05) is 6.61 Å². The minimum atomic E-state index is -0.374. The van der Waals surface area contributed by atoms with E-state index in [9.17, 15) is 4.79 Å². The Morgan fingerprint density at radius 2 is 2.00 bits per heavy atom. The van der Waals surface area contributed by atoms with Gasteiger partial charge in [0, 0.05) is 0 Å². The molecule has 0 fully saturated rings. The van der Waals surface area contributed by atoms with Crippen LogP contribution in [0.1, 0.15) is 32.3 Å². The maximum absolute atomic E-state index is 11.9. The average molecular weight is 275 g/mol. The largest absolute Gasteiger partial charge is 0.466 e. The zero-order valence-electron chi connectivity index (χ0n) is 10.2. The molecular formula is C13H16Cl2O2. The molecule has 1 atom stereocenters. The first-order valence-corrected chi connectivity index (χ1v) is 6.35. The van der Waals surface area contributed by atoms with Crippen molar-refractivity contribution in [2.45, 2.75) is 26.7 Å². The van der Waals surface area contributed by atoms with Gasteiger partial charge in [0.25, 0.3) is 0 Å². The Hall–Kier alpha value is -0.730. The van der Waals surface area contributed by atoms with E-state index < -0.39 is 0 Å². The highest BCUT2D eigenvalue weighted by molar-refractivity contribution is 6.42. The molecule has 0 N–H and O–H groups in total. The molecule has 0 aliphatic carbocycles. The van der Waals surface area contributed by atoms with Gasteiger partial charge in [-0.2, -0.15) is 0 Å². The molecule has 0 aliphatic rings. The fraction of sp³-hybridized carbons (Fsp3) is 0.462. The molecule has 0 bridgehead atoms. The first-order valence-electron chi connectivity index (χ1n) is 5.59. The summed E-state index contributed by atoms with van der Waals surface area (Å²) in [5, 5.41) is 0.889. The second-order valence-corrected chi connectivity index (χ2v) is 4.90. The fourth-order valence-corrected chi connectivity index (χ4v) is 2.18. The van der Waals surface area contributed by atoms with Crippen LogP contribution in [-0.4, -0.2) is 12.6 Å². The number of carbonyl (C=O) groups is 1. The number of esters is 1. The van der Waals surface area contributed by atoms with Crippen LogP contribution in [-0.2, 0) is 9.53 Å². The third-order valence-corrected chi connectivity index (χ3v) is 3.36. The third kappa shape index (κ3) is 3.36. The molecule has 0 radical (unpaired) electrons. The van der Waals surface area contributed by atoms with Gasteiger partial charge in [-0.05, 0) is 24.5 Å². The predicted octanol–water partition coefficient (Wildman–Crippen LogP) is 4.30. The Kier molecular flexibility index (Phi) is 5.29. The number of benzene rings is 1. The highest BCUT2D eigenvalue weighted by atomic mass is 35.5. The van der Waals surface area contributed by atoms with Gasteiger partial charge >= 0.3 is 5.97 Å². The Bertz CT molecular complexity index is 402. The highest BCUT2D eigenvalue weighted by Crippen LogP contribution is 2.35. The fourth-order valence-electron chi connectivity index (χ4n) is 1.75.